The quantitative estimate of drug-likeness (QED) is 0.382. The molecule has 6 nitrogen and oxygen atoms in total. The number of nitrogens with zero attached hydrogens (tertiary/aromatic N) is 3. The molecule has 1 N–H and O–H groups in total. The van der Waals surface area contributed by atoms with Crippen LogP contribution in [0.15, 0.2) is 90.1 Å². The standard InChI is InChI=1S/C25H24N4O2S/c1-18-27-28-25(29(18)17-19-10-5-3-6-11-19)32-23(20-12-7-4-8-13-20)24(30)26-21-14-9-15-22(16-21)31-2/h3-16,23H,17H2,1-2H3,(H,26,30)/t23-/m1/s1. The van der Waals surface area contributed by atoms with Gasteiger partial charge in [0.1, 0.15) is 16.8 Å². The predicted octanol–water partition coefficient (Wildman–Crippen LogP) is 5.12. The maximum Gasteiger partial charge on any atom is 0.242 e. The SMILES string of the molecule is COc1cccc(NC(=O)[C@H](Sc2nnc(C)n2Cc2ccccc2)c2ccccc2)c1. The number of anilines is 1. The fourth-order valence-corrected chi connectivity index (χ4v) is 4.39. The molecule has 1 aromatic heterocycles. The number of nitrogens with one attached hydrogen (secondary N) is 1. The molecule has 1 amide bonds. The minimum Gasteiger partial charge on any atom is -0.497 e. The minimum absolute atomic E-state index is 0.138. The van der Waals surface area contributed by atoms with Crippen molar-refractivity contribution in [2.75, 3.05) is 12.4 Å². The maximum absolute atomic E-state index is 13.4. The number of thioether (sulfide) groups is 1. The van der Waals surface area contributed by atoms with Crippen LogP contribution in [-0.2, 0) is 11.3 Å². The molecule has 0 radical (unpaired) electrons. The number of amides is 1. The smallest absolute Gasteiger partial charge is 0.242 e. The van der Waals surface area contributed by atoms with Gasteiger partial charge >= 0.3 is 0 Å². The zero-order valence-corrected chi connectivity index (χ0v) is 18.8. The van der Waals surface area contributed by atoms with E-state index in [2.05, 4.69) is 27.6 Å². The van der Waals surface area contributed by atoms with Gasteiger partial charge in [0.15, 0.2) is 5.16 Å². The van der Waals surface area contributed by atoms with E-state index in [-0.39, 0.29) is 5.91 Å². The van der Waals surface area contributed by atoms with Crippen molar-refractivity contribution < 1.29 is 9.53 Å². The molecule has 0 aliphatic heterocycles. The average molecular weight is 445 g/mol. The van der Waals surface area contributed by atoms with Crippen LogP contribution in [-0.4, -0.2) is 27.8 Å². The van der Waals surface area contributed by atoms with E-state index in [9.17, 15) is 4.79 Å². The van der Waals surface area contributed by atoms with Crippen LogP contribution in [0.25, 0.3) is 0 Å². The van der Waals surface area contributed by atoms with Gasteiger partial charge in [0.2, 0.25) is 5.91 Å². The van der Waals surface area contributed by atoms with Crippen molar-refractivity contribution in [3.63, 3.8) is 0 Å². The molecule has 0 fully saturated rings. The molecule has 4 rings (SSSR count). The summed E-state index contributed by atoms with van der Waals surface area (Å²) in [6.07, 6.45) is 0. The number of rotatable bonds is 8. The van der Waals surface area contributed by atoms with Crippen LogP contribution in [0.5, 0.6) is 5.75 Å². The van der Waals surface area contributed by atoms with Gasteiger partial charge in [-0.05, 0) is 30.2 Å². The van der Waals surface area contributed by atoms with E-state index in [4.69, 9.17) is 4.74 Å². The second-order valence-corrected chi connectivity index (χ2v) is 8.30. The van der Waals surface area contributed by atoms with E-state index in [1.54, 1.807) is 13.2 Å². The summed E-state index contributed by atoms with van der Waals surface area (Å²) in [6, 6.07) is 27.2. The molecule has 4 aromatic rings. The van der Waals surface area contributed by atoms with Crippen LogP contribution >= 0.6 is 11.8 Å². The molecule has 162 valence electrons. The van der Waals surface area contributed by atoms with Gasteiger partial charge in [-0.25, -0.2) is 0 Å². The first kappa shape index (κ1) is 21.6. The molecular formula is C25H24N4O2S. The third kappa shape index (κ3) is 5.18. The van der Waals surface area contributed by atoms with Gasteiger partial charge in [0, 0.05) is 11.8 Å². The lowest BCUT2D eigenvalue weighted by Gasteiger charge is -2.18. The zero-order valence-electron chi connectivity index (χ0n) is 17.9. The predicted molar refractivity (Wildman–Crippen MR) is 127 cm³/mol. The number of methoxy groups -OCH3 is 1. The number of hydrogen-bond donors (Lipinski definition) is 1. The molecule has 0 unspecified atom stereocenters. The lowest BCUT2D eigenvalue weighted by molar-refractivity contribution is -0.115. The Morgan fingerprint density at radius 2 is 1.72 bits per heavy atom. The van der Waals surface area contributed by atoms with Gasteiger partial charge in [0.25, 0.3) is 0 Å². The number of hydrogen-bond acceptors (Lipinski definition) is 5. The topological polar surface area (TPSA) is 69.0 Å². The van der Waals surface area contributed by atoms with Crippen molar-refractivity contribution in [2.24, 2.45) is 0 Å². The van der Waals surface area contributed by atoms with E-state index in [1.807, 2.05) is 78.2 Å². The highest BCUT2D eigenvalue weighted by Gasteiger charge is 2.25. The summed E-state index contributed by atoms with van der Waals surface area (Å²) in [5.74, 6) is 1.35. The number of aromatic nitrogens is 3. The number of ether oxygens (including phenoxy) is 1. The van der Waals surface area contributed by atoms with Crippen LogP contribution in [0, 0.1) is 6.92 Å². The third-order valence-corrected chi connectivity index (χ3v) is 6.22. The lowest BCUT2D eigenvalue weighted by Crippen LogP contribution is -2.19. The number of carbonyl (C=O) groups is 1. The van der Waals surface area contributed by atoms with Crippen molar-refractivity contribution in [2.45, 2.75) is 23.9 Å². The van der Waals surface area contributed by atoms with E-state index in [0.717, 1.165) is 17.0 Å². The Bertz CT molecular complexity index is 1180. The largest absolute Gasteiger partial charge is 0.497 e. The average Bonchev–Trinajstić information content (AvgIpc) is 3.17. The summed E-state index contributed by atoms with van der Waals surface area (Å²) in [6.45, 7) is 2.56. The van der Waals surface area contributed by atoms with Gasteiger partial charge in [-0.15, -0.1) is 10.2 Å². The number of benzene rings is 3. The van der Waals surface area contributed by atoms with Gasteiger partial charge in [-0.1, -0.05) is 78.5 Å². The highest BCUT2D eigenvalue weighted by molar-refractivity contribution is 8.00. The summed E-state index contributed by atoms with van der Waals surface area (Å²) in [4.78, 5) is 13.4. The van der Waals surface area contributed by atoms with E-state index in [0.29, 0.717) is 23.1 Å². The number of carbonyl (C=O) groups excluding carboxylic acids is 1. The Morgan fingerprint density at radius 1 is 1.00 bits per heavy atom. The third-order valence-electron chi connectivity index (χ3n) is 4.99. The Hall–Kier alpha value is -3.58. The fourth-order valence-electron chi connectivity index (χ4n) is 3.31. The Kier molecular flexibility index (Phi) is 6.87. The maximum atomic E-state index is 13.4. The van der Waals surface area contributed by atoms with Crippen LogP contribution in [0.2, 0.25) is 0 Å². The first-order valence-electron chi connectivity index (χ1n) is 10.2. The highest BCUT2D eigenvalue weighted by Crippen LogP contribution is 2.36. The molecule has 3 aromatic carbocycles. The molecule has 0 bridgehead atoms. The van der Waals surface area contributed by atoms with Gasteiger partial charge in [-0.3, -0.25) is 4.79 Å². The zero-order chi connectivity index (χ0) is 22.3. The van der Waals surface area contributed by atoms with E-state index < -0.39 is 5.25 Å². The second kappa shape index (κ2) is 10.2. The number of aryl methyl sites for hydroxylation is 1. The van der Waals surface area contributed by atoms with Crippen LogP contribution in [0.4, 0.5) is 5.69 Å². The second-order valence-electron chi connectivity index (χ2n) is 7.23. The summed E-state index contributed by atoms with van der Waals surface area (Å²) in [7, 11) is 1.60. The van der Waals surface area contributed by atoms with Crippen LogP contribution in [0.3, 0.4) is 0 Å². The van der Waals surface area contributed by atoms with E-state index in [1.165, 1.54) is 11.8 Å². The van der Waals surface area contributed by atoms with Crippen molar-refractivity contribution in [3.8, 4) is 5.75 Å². The minimum atomic E-state index is -0.500. The summed E-state index contributed by atoms with van der Waals surface area (Å²) in [5, 5.41) is 11.8. The summed E-state index contributed by atoms with van der Waals surface area (Å²) >= 11 is 1.39. The summed E-state index contributed by atoms with van der Waals surface area (Å²) < 4.78 is 7.31. The van der Waals surface area contributed by atoms with Crippen LogP contribution < -0.4 is 10.1 Å². The van der Waals surface area contributed by atoms with Gasteiger partial charge in [-0.2, -0.15) is 0 Å². The van der Waals surface area contributed by atoms with Gasteiger partial charge in [0.05, 0.1) is 13.7 Å². The fraction of sp³-hybridized carbons (Fsp3) is 0.160. The molecule has 0 saturated carbocycles. The molecule has 0 aliphatic rings. The van der Waals surface area contributed by atoms with Gasteiger partial charge < -0.3 is 14.6 Å². The molecule has 32 heavy (non-hydrogen) atoms. The van der Waals surface area contributed by atoms with Crippen molar-refractivity contribution in [3.05, 3.63) is 102 Å². The van der Waals surface area contributed by atoms with E-state index >= 15 is 0 Å². The normalized spacial score (nSPS) is 11.7. The Morgan fingerprint density at radius 3 is 2.44 bits per heavy atom. The van der Waals surface area contributed by atoms with Crippen molar-refractivity contribution in [1.29, 1.82) is 0 Å². The Labute approximate surface area is 191 Å². The first-order valence-corrected chi connectivity index (χ1v) is 11.1. The molecule has 1 atom stereocenters. The first-order chi connectivity index (χ1) is 15.6. The molecule has 1 heterocycles. The molecule has 0 aliphatic carbocycles. The van der Waals surface area contributed by atoms with Crippen molar-refractivity contribution >= 4 is 23.4 Å². The van der Waals surface area contributed by atoms with Crippen molar-refractivity contribution in [1.82, 2.24) is 14.8 Å². The van der Waals surface area contributed by atoms with Crippen LogP contribution in [0.1, 0.15) is 22.2 Å². The monoisotopic (exact) mass is 444 g/mol. The molecule has 0 spiro atoms. The Balaban J connectivity index is 1.62. The molecular weight excluding hydrogens is 420 g/mol. The highest BCUT2D eigenvalue weighted by atomic mass is 32.2. The summed E-state index contributed by atoms with van der Waals surface area (Å²) in [5.41, 5.74) is 2.72. The molecule has 7 heteroatoms. The lowest BCUT2D eigenvalue weighted by atomic mass is 10.1. The molecule has 0 saturated heterocycles.